The third kappa shape index (κ3) is 2.35. The topological polar surface area (TPSA) is 21.1 Å². The highest BCUT2D eigenvalue weighted by atomic mass is 35.5. The summed E-state index contributed by atoms with van der Waals surface area (Å²) in [5, 5.41) is 0.745. The number of nitrogens with zero attached hydrogens (tertiary/aromatic N) is 3. The van der Waals surface area contributed by atoms with Gasteiger partial charge >= 0.3 is 0 Å². The average molecular weight is 312 g/mol. The first-order valence-electron chi connectivity index (χ1n) is 7.81. The first-order valence-corrected chi connectivity index (χ1v) is 8.19. The molecule has 4 heteroatoms. The van der Waals surface area contributed by atoms with Crippen molar-refractivity contribution < 1.29 is 0 Å². The fourth-order valence-corrected chi connectivity index (χ4v) is 3.34. The number of hydrogen-bond donors (Lipinski definition) is 0. The van der Waals surface area contributed by atoms with Crippen molar-refractivity contribution in [2.75, 3.05) is 18.0 Å². The van der Waals surface area contributed by atoms with Gasteiger partial charge in [-0.3, -0.25) is 4.57 Å². The lowest BCUT2D eigenvalue weighted by Crippen LogP contribution is -2.31. The van der Waals surface area contributed by atoms with Gasteiger partial charge in [-0.15, -0.1) is 0 Å². The van der Waals surface area contributed by atoms with E-state index < -0.39 is 0 Å². The van der Waals surface area contributed by atoms with Crippen molar-refractivity contribution in [3.63, 3.8) is 0 Å². The molecule has 1 fully saturated rings. The molecule has 4 rings (SSSR count). The van der Waals surface area contributed by atoms with Gasteiger partial charge in [-0.05, 0) is 49.6 Å². The van der Waals surface area contributed by atoms with Crippen LogP contribution < -0.4 is 4.90 Å². The number of aromatic nitrogens is 2. The van der Waals surface area contributed by atoms with Gasteiger partial charge < -0.3 is 4.90 Å². The van der Waals surface area contributed by atoms with Crippen LogP contribution in [0.1, 0.15) is 19.3 Å². The maximum Gasteiger partial charge on any atom is 0.211 e. The van der Waals surface area contributed by atoms with Crippen molar-refractivity contribution in [1.82, 2.24) is 9.55 Å². The molecule has 0 atom stereocenters. The second-order valence-corrected chi connectivity index (χ2v) is 6.20. The first kappa shape index (κ1) is 13.6. The van der Waals surface area contributed by atoms with Crippen LogP contribution >= 0.6 is 11.6 Å². The van der Waals surface area contributed by atoms with Gasteiger partial charge in [-0.25, -0.2) is 4.98 Å². The number of para-hydroxylation sites is 1. The summed E-state index contributed by atoms with van der Waals surface area (Å²) in [6, 6.07) is 16.3. The van der Waals surface area contributed by atoms with Crippen LogP contribution in [0.2, 0.25) is 5.02 Å². The number of benzene rings is 2. The standard InChI is InChI=1S/C18H18ClN3/c19-14-9-10-16-17(13-14)22(15-7-3-1-4-8-15)18(20-16)21-11-5-2-6-12-21/h1,3-4,7-10,13H,2,5-6,11-12H2. The fraction of sp³-hybridized carbons (Fsp3) is 0.278. The molecule has 0 spiro atoms. The van der Waals surface area contributed by atoms with Gasteiger partial charge in [0.15, 0.2) is 0 Å². The molecular formula is C18H18ClN3. The predicted molar refractivity (Wildman–Crippen MR) is 92.1 cm³/mol. The summed E-state index contributed by atoms with van der Waals surface area (Å²) in [5.74, 6) is 1.03. The summed E-state index contributed by atoms with van der Waals surface area (Å²) in [5.41, 5.74) is 3.20. The van der Waals surface area contributed by atoms with Crippen LogP contribution in [0.5, 0.6) is 0 Å². The number of piperidine rings is 1. The molecule has 0 bridgehead atoms. The largest absolute Gasteiger partial charge is 0.342 e. The van der Waals surface area contributed by atoms with Crippen LogP contribution in [0.25, 0.3) is 16.7 Å². The predicted octanol–water partition coefficient (Wildman–Crippen LogP) is 4.67. The lowest BCUT2D eigenvalue weighted by Gasteiger charge is -2.28. The van der Waals surface area contributed by atoms with Crippen LogP contribution in [0.4, 0.5) is 5.95 Å². The van der Waals surface area contributed by atoms with E-state index in [4.69, 9.17) is 16.6 Å². The van der Waals surface area contributed by atoms with Gasteiger partial charge in [0.1, 0.15) is 0 Å². The molecule has 3 nitrogen and oxygen atoms in total. The number of rotatable bonds is 2. The molecule has 0 saturated carbocycles. The van der Waals surface area contributed by atoms with Gasteiger partial charge in [0.2, 0.25) is 5.95 Å². The summed E-state index contributed by atoms with van der Waals surface area (Å²) < 4.78 is 2.23. The number of hydrogen-bond acceptors (Lipinski definition) is 2. The molecule has 2 aromatic carbocycles. The smallest absolute Gasteiger partial charge is 0.211 e. The molecule has 0 N–H and O–H groups in total. The summed E-state index contributed by atoms with van der Waals surface area (Å²) >= 11 is 6.22. The highest BCUT2D eigenvalue weighted by Crippen LogP contribution is 2.30. The third-order valence-electron chi connectivity index (χ3n) is 4.25. The van der Waals surface area contributed by atoms with E-state index in [2.05, 4.69) is 33.7 Å². The monoisotopic (exact) mass is 311 g/mol. The van der Waals surface area contributed by atoms with E-state index in [0.717, 1.165) is 40.8 Å². The molecule has 1 aliphatic rings. The number of halogens is 1. The second kappa shape index (κ2) is 5.65. The van der Waals surface area contributed by atoms with E-state index in [0.29, 0.717) is 0 Å². The summed E-state index contributed by atoms with van der Waals surface area (Å²) in [6.07, 6.45) is 3.78. The summed E-state index contributed by atoms with van der Waals surface area (Å²) in [6.45, 7) is 2.15. The molecule has 3 aromatic rings. The van der Waals surface area contributed by atoms with Crippen LogP contribution in [0.3, 0.4) is 0 Å². The average Bonchev–Trinajstić information content (AvgIpc) is 2.95. The zero-order valence-corrected chi connectivity index (χ0v) is 13.1. The zero-order chi connectivity index (χ0) is 14.9. The number of fused-ring (bicyclic) bond motifs is 1. The van der Waals surface area contributed by atoms with Crippen LogP contribution in [0.15, 0.2) is 48.5 Å². The Hall–Kier alpha value is -2.00. The number of imidazole rings is 1. The zero-order valence-electron chi connectivity index (χ0n) is 12.4. The van der Waals surface area contributed by atoms with Crippen LogP contribution in [-0.2, 0) is 0 Å². The Kier molecular flexibility index (Phi) is 3.51. The Labute approximate surface area is 135 Å². The molecule has 1 aromatic heterocycles. The molecule has 22 heavy (non-hydrogen) atoms. The van der Waals surface area contributed by atoms with Crippen molar-refractivity contribution in [1.29, 1.82) is 0 Å². The molecule has 1 aliphatic heterocycles. The maximum atomic E-state index is 6.22. The number of anilines is 1. The minimum Gasteiger partial charge on any atom is -0.342 e. The Bertz CT molecular complexity index is 789. The Morgan fingerprint density at radius 3 is 2.45 bits per heavy atom. The van der Waals surface area contributed by atoms with Crippen molar-refractivity contribution in [2.24, 2.45) is 0 Å². The van der Waals surface area contributed by atoms with Crippen LogP contribution in [-0.4, -0.2) is 22.6 Å². The molecular weight excluding hydrogens is 294 g/mol. The Morgan fingerprint density at radius 1 is 0.909 bits per heavy atom. The highest BCUT2D eigenvalue weighted by Gasteiger charge is 2.20. The van der Waals surface area contributed by atoms with E-state index in [1.807, 2.05) is 24.3 Å². The normalized spacial score (nSPS) is 15.4. The van der Waals surface area contributed by atoms with E-state index >= 15 is 0 Å². The van der Waals surface area contributed by atoms with Crippen molar-refractivity contribution >= 4 is 28.6 Å². The Morgan fingerprint density at radius 2 is 1.68 bits per heavy atom. The van der Waals surface area contributed by atoms with Crippen LogP contribution in [0, 0.1) is 0 Å². The van der Waals surface area contributed by atoms with E-state index in [9.17, 15) is 0 Å². The summed E-state index contributed by atoms with van der Waals surface area (Å²) in [4.78, 5) is 7.28. The Balaban J connectivity index is 1.95. The highest BCUT2D eigenvalue weighted by molar-refractivity contribution is 6.31. The molecule has 2 heterocycles. The van der Waals surface area contributed by atoms with Crippen molar-refractivity contribution in [3.05, 3.63) is 53.6 Å². The summed E-state index contributed by atoms with van der Waals surface area (Å²) in [7, 11) is 0. The van der Waals surface area contributed by atoms with Crippen molar-refractivity contribution in [3.8, 4) is 5.69 Å². The van der Waals surface area contributed by atoms with Gasteiger partial charge in [0, 0.05) is 23.8 Å². The van der Waals surface area contributed by atoms with E-state index in [1.165, 1.54) is 19.3 Å². The SMILES string of the molecule is Clc1ccc2nc(N3CCCCC3)n(-c3ccccc3)c2c1. The third-order valence-corrected chi connectivity index (χ3v) is 4.49. The molecule has 112 valence electrons. The lowest BCUT2D eigenvalue weighted by atomic mass is 10.1. The molecule has 0 radical (unpaired) electrons. The minimum absolute atomic E-state index is 0.745. The minimum atomic E-state index is 0.745. The van der Waals surface area contributed by atoms with Gasteiger partial charge in [-0.1, -0.05) is 29.8 Å². The van der Waals surface area contributed by atoms with Crippen molar-refractivity contribution in [2.45, 2.75) is 19.3 Å². The van der Waals surface area contributed by atoms with Gasteiger partial charge in [-0.2, -0.15) is 0 Å². The van der Waals surface area contributed by atoms with E-state index in [-0.39, 0.29) is 0 Å². The maximum absolute atomic E-state index is 6.22. The molecule has 1 saturated heterocycles. The lowest BCUT2D eigenvalue weighted by molar-refractivity contribution is 0.567. The molecule has 0 unspecified atom stereocenters. The first-order chi connectivity index (χ1) is 10.8. The quantitative estimate of drug-likeness (QED) is 0.686. The van der Waals surface area contributed by atoms with E-state index in [1.54, 1.807) is 0 Å². The second-order valence-electron chi connectivity index (χ2n) is 5.76. The fourth-order valence-electron chi connectivity index (χ4n) is 3.17. The van der Waals surface area contributed by atoms with Gasteiger partial charge in [0.25, 0.3) is 0 Å². The molecule has 0 aliphatic carbocycles. The molecule has 0 amide bonds. The van der Waals surface area contributed by atoms with Gasteiger partial charge in [0.05, 0.1) is 11.0 Å².